The Hall–Kier alpha value is -2.65. The van der Waals surface area contributed by atoms with Crippen LogP contribution in [-0.4, -0.2) is 40.7 Å². The van der Waals surface area contributed by atoms with Crippen molar-refractivity contribution < 1.29 is 9.72 Å². The summed E-state index contributed by atoms with van der Waals surface area (Å²) in [4.78, 5) is 21.1. The third kappa shape index (κ3) is 2.14. The fourth-order valence-corrected chi connectivity index (χ4v) is 1.26. The van der Waals surface area contributed by atoms with Crippen LogP contribution >= 0.6 is 0 Å². The van der Waals surface area contributed by atoms with E-state index in [1.54, 1.807) is 0 Å². The molecule has 0 saturated heterocycles. The van der Waals surface area contributed by atoms with Gasteiger partial charge in [-0.3, -0.25) is 19.6 Å². The van der Waals surface area contributed by atoms with Crippen LogP contribution in [0.3, 0.4) is 0 Å². The van der Waals surface area contributed by atoms with E-state index in [1.165, 1.54) is 24.1 Å². The van der Waals surface area contributed by atoms with Crippen LogP contribution in [0.5, 0.6) is 0 Å². The molecule has 0 bridgehead atoms. The van der Waals surface area contributed by atoms with Gasteiger partial charge in [-0.05, 0) is 17.4 Å². The minimum atomic E-state index is -0.610. The molecule has 10 nitrogen and oxygen atoms in total. The quantitative estimate of drug-likeness (QED) is 0.511. The molecule has 0 aliphatic heterocycles. The van der Waals surface area contributed by atoms with Crippen molar-refractivity contribution in [3.63, 3.8) is 0 Å². The summed E-state index contributed by atoms with van der Waals surface area (Å²) >= 11 is 0. The van der Waals surface area contributed by atoms with Gasteiger partial charge >= 0.3 is 5.69 Å². The molecule has 2 aromatic rings. The molecule has 17 heavy (non-hydrogen) atoms. The van der Waals surface area contributed by atoms with E-state index >= 15 is 0 Å². The molecule has 0 radical (unpaired) electrons. The van der Waals surface area contributed by atoms with E-state index in [2.05, 4.69) is 20.6 Å². The second-order valence-electron chi connectivity index (χ2n) is 3.25. The van der Waals surface area contributed by atoms with Crippen LogP contribution in [0.1, 0.15) is 6.92 Å². The highest BCUT2D eigenvalue weighted by atomic mass is 16.6. The number of tetrazole rings is 1. The zero-order valence-electron chi connectivity index (χ0n) is 8.72. The second-order valence-corrected chi connectivity index (χ2v) is 3.25. The first kappa shape index (κ1) is 10.9. The number of carbonyl (C=O) groups excluding carboxylic acids is 1. The maximum atomic E-state index is 10.9. The molecule has 0 unspecified atom stereocenters. The average Bonchev–Trinajstić information content (AvgIpc) is 2.82. The van der Waals surface area contributed by atoms with Crippen molar-refractivity contribution >= 4 is 11.5 Å². The lowest BCUT2D eigenvalue weighted by atomic mass is 10.4. The highest BCUT2D eigenvalue weighted by Gasteiger charge is 2.22. The number of hydrogen-bond donors (Lipinski definition) is 0. The average molecular weight is 237 g/mol. The Labute approximate surface area is 94.0 Å². The molecule has 0 aromatic carbocycles. The molecular formula is C7H7N7O3. The minimum Gasteiger partial charge on any atom is -0.298 e. The molecular weight excluding hydrogens is 230 g/mol. The fraction of sp³-hybridized carbons (Fsp3) is 0.286. The van der Waals surface area contributed by atoms with Crippen LogP contribution in [0.15, 0.2) is 12.5 Å². The van der Waals surface area contributed by atoms with Crippen molar-refractivity contribution in [1.29, 1.82) is 0 Å². The van der Waals surface area contributed by atoms with Gasteiger partial charge in [-0.15, -0.1) is 10.2 Å². The number of nitrogens with zero attached hydrogens (tertiary/aromatic N) is 7. The molecule has 0 saturated carbocycles. The van der Waals surface area contributed by atoms with Crippen LogP contribution in [0, 0.1) is 10.1 Å². The lowest BCUT2D eigenvalue weighted by molar-refractivity contribution is -0.384. The predicted octanol–water partition coefficient (Wildman–Crippen LogP) is -0.644. The predicted molar refractivity (Wildman–Crippen MR) is 52.3 cm³/mol. The van der Waals surface area contributed by atoms with Gasteiger partial charge in [0.1, 0.15) is 12.5 Å². The third-order valence-electron chi connectivity index (χ3n) is 1.87. The van der Waals surface area contributed by atoms with Crippen molar-refractivity contribution in [2.45, 2.75) is 13.5 Å². The van der Waals surface area contributed by atoms with Crippen molar-refractivity contribution in [2.75, 3.05) is 0 Å². The van der Waals surface area contributed by atoms with Crippen LogP contribution in [0.4, 0.5) is 5.69 Å². The van der Waals surface area contributed by atoms with Crippen LogP contribution in [0.25, 0.3) is 5.82 Å². The van der Waals surface area contributed by atoms with Crippen LogP contribution in [-0.2, 0) is 11.3 Å². The zero-order valence-corrected chi connectivity index (χ0v) is 8.72. The topological polar surface area (TPSA) is 122 Å². The molecule has 2 aromatic heterocycles. The molecule has 0 amide bonds. The van der Waals surface area contributed by atoms with Crippen molar-refractivity contribution in [1.82, 2.24) is 30.0 Å². The molecule has 2 rings (SSSR count). The van der Waals surface area contributed by atoms with Gasteiger partial charge in [0.05, 0.1) is 11.5 Å². The normalized spacial score (nSPS) is 10.4. The SMILES string of the molecule is CC(=O)Cn1cc([N+](=O)[O-])c(-n2cnnn2)n1. The zero-order chi connectivity index (χ0) is 12.4. The fourth-order valence-electron chi connectivity index (χ4n) is 1.26. The summed E-state index contributed by atoms with van der Waals surface area (Å²) in [5.74, 6) is -0.188. The Morgan fingerprint density at radius 1 is 1.59 bits per heavy atom. The van der Waals surface area contributed by atoms with E-state index in [0.29, 0.717) is 0 Å². The highest BCUT2D eigenvalue weighted by molar-refractivity contribution is 5.75. The lowest BCUT2D eigenvalue weighted by Gasteiger charge is -1.94. The summed E-state index contributed by atoms with van der Waals surface area (Å²) < 4.78 is 2.24. The van der Waals surface area contributed by atoms with Crippen molar-refractivity contribution in [3.05, 3.63) is 22.6 Å². The number of ketones is 1. The summed E-state index contributed by atoms with van der Waals surface area (Å²) in [6, 6.07) is 0. The maximum absolute atomic E-state index is 10.9. The maximum Gasteiger partial charge on any atom is 0.333 e. The summed E-state index contributed by atoms with van der Waals surface area (Å²) in [7, 11) is 0. The van der Waals surface area contributed by atoms with E-state index in [9.17, 15) is 14.9 Å². The van der Waals surface area contributed by atoms with Gasteiger partial charge in [0, 0.05) is 0 Å². The van der Waals surface area contributed by atoms with Crippen molar-refractivity contribution in [3.8, 4) is 5.82 Å². The van der Waals surface area contributed by atoms with Gasteiger partial charge in [-0.2, -0.15) is 4.68 Å². The molecule has 0 N–H and O–H groups in total. The Morgan fingerprint density at radius 2 is 2.35 bits per heavy atom. The van der Waals surface area contributed by atoms with E-state index in [4.69, 9.17) is 0 Å². The molecule has 0 atom stereocenters. The summed E-state index contributed by atoms with van der Waals surface area (Å²) in [6.07, 6.45) is 2.35. The van der Waals surface area contributed by atoms with E-state index in [0.717, 1.165) is 4.68 Å². The highest BCUT2D eigenvalue weighted by Crippen LogP contribution is 2.19. The number of aromatic nitrogens is 6. The third-order valence-corrected chi connectivity index (χ3v) is 1.87. The Balaban J connectivity index is 2.46. The first-order chi connectivity index (χ1) is 8.08. The number of nitro groups is 1. The molecule has 0 fully saturated rings. The summed E-state index contributed by atoms with van der Waals surface area (Å²) in [5.41, 5.74) is -0.265. The number of rotatable bonds is 4. The number of hydrogen-bond acceptors (Lipinski definition) is 7. The van der Waals surface area contributed by atoms with Crippen molar-refractivity contribution in [2.24, 2.45) is 0 Å². The molecule has 10 heteroatoms. The van der Waals surface area contributed by atoms with E-state index in [-0.39, 0.29) is 23.8 Å². The summed E-state index contributed by atoms with van der Waals surface area (Å²) in [5, 5.41) is 24.9. The molecule has 0 spiro atoms. The van der Waals surface area contributed by atoms with Crippen LogP contribution < -0.4 is 0 Å². The number of carbonyl (C=O) groups is 1. The second kappa shape index (κ2) is 4.08. The Bertz CT molecular complexity index is 558. The first-order valence-corrected chi connectivity index (χ1v) is 4.52. The van der Waals surface area contributed by atoms with Crippen LogP contribution in [0.2, 0.25) is 0 Å². The largest absolute Gasteiger partial charge is 0.333 e. The summed E-state index contributed by atoms with van der Waals surface area (Å²) in [6.45, 7) is 1.33. The number of Topliss-reactive ketones (excluding diaryl/α,β-unsaturated/α-hetero) is 1. The van der Waals surface area contributed by atoms with E-state index < -0.39 is 4.92 Å². The van der Waals surface area contributed by atoms with Gasteiger partial charge in [0.15, 0.2) is 5.78 Å². The Morgan fingerprint density at radius 3 is 2.88 bits per heavy atom. The van der Waals surface area contributed by atoms with Gasteiger partial charge in [-0.25, -0.2) is 0 Å². The first-order valence-electron chi connectivity index (χ1n) is 4.52. The Kier molecular flexibility index (Phi) is 2.60. The van der Waals surface area contributed by atoms with Gasteiger partial charge in [0.2, 0.25) is 0 Å². The van der Waals surface area contributed by atoms with Gasteiger partial charge in [0.25, 0.3) is 5.82 Å². The monoisotopic (exact) mass is 237 g/mol. The van der Waals surface area contributed by atoms with Gasteiger partial charge < -0.3 is 0 Å². The van der Waals surface area contributed by atoms with Gasteiger partial charge in [-0.1, -0.05) is 0 Å². The minimum absolute atomic E-state index is 0.0266. The molecule has 0 aliphatic carbocycles. The molecule has 88 valence electrons. The smallest absolute Gasteiger partial charge is 0.298 e. The molecule has 2 heterocycles. The standard InChI is InChI=1S/C7H7N7O3/c1-5(15)2-12-3-6(14(16)17)7(9-12)13-4-8-10-11-13/h3-4H,2H2,1H3. The lowest BCUT2D eigenvalue weighted by Crippen LogP contribution is -2.07. The van der Waals surface area contributed by atoms with E-state index in [1.807, 2.05) is 0 Å². The molecule has 0 aliphatic rings.